The summed E-state index contributed by atoms with van der Waals surface area (Å²) >= 11 is 0. The van der Waals surface area contributed by atoms with E-state index in [0.717, 1.165) is 11.5 Å². The number of hydrogen-bond acceptors (Lipinski definition) is 2. The van der Waals surface area contributed by atoms with Gasteiger partial charge < -0.3 is 10.2 Å². The topological polar surface area (TPSA) is 39.2 Å². The van der Waals surface area contributed by atoms with Crippen molar-refractivity contribution < 1.29 is 4.42 Å². The van der Waals surface area contributed by atoms with Crippen molar-refractivity contribution in [1.82, 2.24) is 0 Å². The number of hydrogen-bond donors (Lipinski definition) is 1. The van der Waals surface area contributed by atoms with Crippen molar-refractivity contribution in [3.05, 3.63) is 23.7 Å². The second-order valence-corrected chi connectivity index (χ2v) is 3.67. The molecular formula is C10H15NO. The Morgan fingerprint density at radius 3 is 2.67 bits per heavy atom. The minimum atomic E-state index is 0.132. The lowest BCUT2D eigenvalue weighted by atomic mass is 9.79. The molecular weight excluding hydrogens is 150 g/mol. The molecule has 1 heterocycles. The summed E-state index contributed by atoms with van der Waals surface area (Å²) in [5.41, 5.74) is 6.02. The Hall–Kier alpha value is -0.760. The van der Waals surface area contributed by atoms with Gasteiger partial charge in [-0.15, -0.1) is 0 Å². The van der Waals surface area contributed by atoms with Gasteiger partial charge in [0.1, 0.15) is 11.5 Å². The van der Waals surface area contributed by atoms with Crippen LogP contribution in [0.2, 0.25) is 0 Å². The molecule has 0 radical (unpaired) electrons. The predicted octanol–water partition coefficient (Wildman–Crippen LogP) is 2.39. The first-order valence-electron chi connectivity index (χ1n) is 4.59. The normalized spacial score (nSPS) is 20.5. The van der Waals surface area contributed by atoms with Gasteiger partial charge in [-0.2, -0.15) is 0 Å². The monoisotopic (exact) mass is 165 g/mol. The van der Waals surface area contributed by atoms with E-state index in [1.807, 2.05) is 19.1 Å². The van der Waals surface area contributed by atoms with Crippen molar-refractivity contribution in [2.75, 3.05) is 0 Å². The molecule has 1 saturated carbocycles. The van der Waals surface area contributed by atoms with Crippen LogP contribution >= 0.6 is 0 Å². The summed E-state index contributed by atoms with van der Waals surface area (Å²) in [6.45, 7) is 1.96. The summed E-state index contributed by atoms with van der Waals surface area (Å²) in [5, 5.41) is 0. The van der Waals surface area contributed by atoms with Gasteiger partial charge >= 0.3 is 0 Å². The molecule has 2 rings (SSSR count). The van der Waals surface area contributed by atoms with Gasteiger partial charge in [-0.05, 0) is 37.8 Å². The van der Waals surface area contributed by atoms with E-state index in [1.54, 1.807) is 0 Å². The SMILES string of the molecule is Cc1ccc([C@H](N)C2CCC2)o1. The van der Waals surface area contributed by atoms with Crippen molar-refractivity contribution in [3.63, 3.8) is 0 Å². The molecule has 0 amide bonds. The standard InChI is InChI=1S/C10H15NO/c1-7-5-6-9(12-7)10(11)8-3-2-4-8/h5-6,8,10H,2-4,11H2,1H3/t10-/m1/s1. The number of furan rings is 1. The molecule has 12 heavy (non-hydrogen) atoms. The molecule has 1 atom stereocenters. The highest BCUT2D eigenvalue weighted by atomic mass is 16.3. The molecule has 0 bridgehead atoms. The van der Waals surface area contributed by atoms with Gasteiger partial charge in [-0.25, -0.2) is 0 Å². The summed E-state index contributed by atoms with van der Waals surface area (Å²) in [4.78, 5) is 0. The Morgan fingerprint density at radius 1 is 1.50 bits per heavy atom. The fraction of sp³-hybridized carbons (Fsp3) is 0.600. The molecule has 0 aromatic carbocycles. The van der Waals surface area contributed by atoms with E-state index in [0.29, 0.717) is 5.92 Å². The van der Waals surface area contributed by atoms with Gasteiger partial charge in [0.2, 0.25) is 0 Å². The van der Waals surface area contributed by atoms with E-state index in [-0.39, 0.29) is 6.04 Å². The second-order valence-electron chi connectivity index (χ2n) is 3.67. The van der Waals surface area contributed by atoms with Crippen LogP contribution in [-0.4, -0.2) is 0 Å². The molecule has 0 spiro atoms. The third-order valence-corrected chi connectivity index (χ3v) is 2.75. The van der Waals surface area contributed by atoms with Gasteiger partial charge in [0.25, 0.3) is 0 Å². The van der Waals surface area contributed by atoms with Crippen molar-refractivity contribution in [3.8, 4) is 0 Å². The zero-order valence-corrected chi connectivity index (χ0v) is 7.42. The van der Waals surface area contributed by atoms with Crippen molar-refractivity contribution >= 4 is 0 Å². The van der Waals surface area contributed by atoms with Crippen LogP contribution in [0, 0.1) is 12.8 Å². The minimum absolute atomic E-state index is 0.132. The van der Waals surface area contributed by atoms with Gasteiger partial charge in [0, 0.05) is 0 Å². The van der Waals surface area contributed by atoms with Crippen LogP contribution in [-0.2, 0) is 0 Å². The second kappa shape index (κ2) is 2.94. The fourth-order valence-electron chi connectivity index (χ4n) is 1.66. The van der Waals surface area contributed by atoms with Crippen molar-refractivity contribution in [1.29, 1.82) is 0 Å². The molecule has 1 aliphatic rings. The van der Waals surface area contributed by atoms with Crippen LogP contribution in [0.1, 0.15) is 36.8 Å². The summed E-state index contributed by atoms with van der Waals surface area (Å²) < 4.78 is 5.48. The summed E-state index contributed by atoms with van der Waals surface area (Å²) in [7, 11) is 0. The smallest absolute Gasteiger partial charge is 0.121 e. The quantitative estimate of drug-likeness (QED) is 0.730. The number of aryl methyl sites for hydroxylation is 1. The van der Waals surface area contributed by atoms with Gasteiger partial charge in [0.15, 0.2) is 0 Å². The molecule has 2 nitrogen and oxygen atoms in total. The molecule has 0 unspecified atom stereocenters. The lowest BCUT2D eigenvalue weighted by Crippen LogP contribution is -2.26. The Morgan fingerprint density at radius 2 is 2.25 bits per heavy atom. The van der Waals surface area contributed by atoms with Crippen LogP contribution in [0.3, 0.4) is 0 Å². The van der Waals surface area contributed by atoms with Crippen LogP contribution in [0.5, 0.6) is 0 Å². The van der Waals surface area contributed by atoms with E-state index in [1.165, 1.54) is 19.3 Å². The average molecular weight is 165 g/mol. The molecule has 1 aliphatic carbocycles. The first-order chi connectivity index (χ1) is 5.77. The van der Waals surface area contributed by atoms with Crippen LogP contribution in [0.25, 0.3) is 0 Å². The van der Waals surface area contributed by atoms with Gasteiger partial charge in [-0.1, -0.05) is 6.42 Å². The molecule has 2 heteroatoms. The minimum Gasteiger partial charge on any atom is -0.465 e. The van der Waals surface area contributed by atoms with E-state index < -0.39 is 0 Å². The predicted molar refractivity (Wildman–Crippen MR) is 47.7 cm³/mol. The summed E-state index contributed by atoms with van der Waals surface area (Å²) in [6, 6.07) is 4.11. The molecule has 0 aliphatic heterocycles. The molecule has 1 aromatic heterocycles. The van der Waals surface area contributed by atoms with Crippen LogP contribution in [0.4, 0.5) is 0 Å². The van der Waals surface area contributed by atoms with Crippen LogP contribution < -0.4 is 5.73 Å². The van der Waals surface area contributed by atoms with Gasteiger partial charge in [-0.3, -0.25) is 0 Å². The maximum Gasteiger partial charge on any atom is 0.121 e. The zero-order valence-electron chi connectivity index (χ0n) is 7.42. The molecule has 66 valence electrons. The lowest BCUT2D eigenvalue weighted by molar-refractivity contribution is 0.239. The molecule has 0 saturated heterocycles. The largest absolute Gasteiger partial charge is 0.465 e. The Balaban J connectivity index is 2.08. The highest BCUT2D eigenvalue weighted by molar-refractivity contribution is 5.10. The molecule has 1 aromatic rings. The van der Waals surface area contributed by atoms with E-state index in [4.69, 9.17) is 10.2 Å². The lowest BCUT2D eigenvalue weighted by Gasteiger charge is -2.29. The third-order valence-electron chi connectivity index (χ3n) is 2.75. The molecule has 2 N–H and O–H groups in total. The van der Waals surface area contributed by atoms with Gasteiger partial charge in [0.05, 0.1) is 6.04 Å². The van der Waals surface area contributed by atoms with Crippen LogP contribution in [0.15, 0.2) is 16.5 Å². The Bertz CT molecular complexity index is 263. The van der Waals surface area contributed by atoms with E-state index in [9.17, 15) is 0 Å². The highest BCUT2D eigenvalue weighted by Crippen LogP contribution is 2.36. The highest BCUT2D eigenvalue weighted by Gasteiger charge is 2.27. The molecule has 1 fully saturated rings. The third kappa shape index (κ3) is 1.27. The summed E-state index contributed by atoms with van der Waals surface area (Å²) in [6.07, 6.45) is 3.86. The fourth-order valence-corrected chi connectivity index (χ4v) is 1.66. The first kappa shape index (κ1) is 7.87. The summed E-state index contributed by atoms with van der Waals surface area (Å²) in [5.74, 6) is 2.58. The Kier molecular flexibility index (Phi) is 1.93. The maximum atomic E-state index is 6.02. The zero-order chi connectivity index (χ0) is 8.55. The van der Waals surface area contributed by atoms with Crippen molar-refractivity contribution in [2.24, 2.45) is 11.7 Å². The Labute approximate surface area is 72.7 Å². The number of nitrogens with two attached hydrogens (primary N) is 1. The van der Waals surface area contributed by atoms with E-state index in [2.05, 4.69) is 0 Å². The first-order valence-corrected chi connectivity index (χ1v) is 4.59. The average Bonchev–Trinajstić information content (AvgIpc) is 2.31. The maximum absolute atomic E-state index is 6.02. The van der Waals surface area contributed by atoms with E-state index >= 15 is 0 Å². The number of rotatable bonds is 2. The van der Waals surface area contributed by atoms with Crippen molar-refractivity contribution in [2.45, 2.75) is 32.2 Å².